The minimum absolute atomic E-state index is 0.0328. The van der Waals surface area contributed by atoms with Gasteiger partial charge in [-0.2, -0.15) is 0 Å². The quantitative estimate of drug-likeness (QED) is 0.817. The van der Waals surface area contributed by atoms with Crippen molar-refractivity contribution in [1.29, 1.82) is 0 Å². The van der Waals surface area contributed by atoms with E-state index in [2.05, 4.69) is 9.88 Å². The molecule has 2 saturated heterocycles. The zero-order chi connectivity index (χ0) is 15.5. The van der Waals surface area contributed by atoms with E-state index in [4.69, 9.17) is 0 Å². The van der Waals surface area contributed by atoms with Crippen LogP contribution in [0.3, 0.4) is 0 Å². The average molecular weight is 302 g/mol. The Hall–Kier alpha value is -2.11. The van der Waals surface area contributed by atoms with Gasteiger partial charge in [-0.3, -0.25) is 9.59 Å². The Bertz CT molecular complexity index is 544. The predicted molar refractivity (Wildman–Crippen MR) is 83.8 cm³/mol. The number of anilines is 1. The van der Waals surface area contributed by atoms with Crippen molar-refractivity contribution in [3.05, 3.63) is 24.0 Å². The smallest absolute Gasteiger partial charge is 0.272 e. The van der Waals surface area contributed by atoms with Gasteiger partial charge in [0.25, 0.3) is 5.91 Å². The summed E-state index contributed by atoms with van der Waals surface area (Å²) in [5.41, 5.74) is 1.54. The number of aromatic nitrogens is 1. The molecule has 0 saturated carbocycles. The summed E-state index contributed by atoms with van der Waals surface area (Å²) >= 11 is 0. The molecule has 22 heavy (non-hydrogen) atoms. The highest BCUT2D eigenvalue weighted by Gasteiger charge is 2.22. The van der Waals surface area contributed by atoms with E-state index in [-0.39, 0.29) is 11.8 Å². The second kappa shape index (κ2) is 6.34. The van der Waals surface area contributed by atoms with E-state index in [1.807, 2.05) is 21.9 Å². The molecule has 6 heteroatoms. The largest absolute Gasteiger partial charge is 0.367 e. The third-order valence-electron chi connectivity index (χ3n) is 4.45. The molecule has 2 amide bonds. The second-order valence-electron chi connectivity index (χ2n) is 5.89. The lowest BCUT2D eigenvalue weighted by molar-refractivity contribution is -0.129. The topological polar surface area (TPSA) is 56.8 Å². The van der Waals surface area contributed by atoms with Crippen molar-refractivity contribution in [2.24, 2.45) is 0 Å². The Labute approximate surface area is 130 Å². The van der Waals surface area contributed by atoms with Crippen LogP contribution < -0.4 is 4.90 Å². The van der Waals surface area contributed by atoms with E-state index in [0.29, 0.717) is 5.69 Å². The lowest BCUT2D eigenvalue weighted by Gasteiger charge is -2.35. The molecule has 0 N–H and O–H groups in total. The Morgan fingerprint density at radius 2 is 1.64 bits per heavy atom. The fraction of sp³-hybridized carbons (Fsp3) is 0.562. The summed E-state index contributed by atoms with van der Waals surface area (Å²) in [6, 6.07) is 3.77. The Morgan fingerprint density at radius 1 is 0.955 bits per heavy atom. The van der Waals surface area contributed by atoms with Crippen LogP contribution in [0.25, 0.3) is 0 Å². The molecule has 6 nitrogen and oxygen atoms in total. The van der Waals surface area contributed by atoms with Crippen molar-refractivity contribution in [1.82, 2.24) is 14.8 Å². The zero-order valence-electron chi connectivity index (χ0n) is 13.0. The molecular formula is C16H22N4O2. The first-order valence-electron chi connectivity index (χ1n) is 7.91. The summed E-state index contributed by atoms with van der Waals surface area (Å²) in [7, 11) is 0. The van der Waals surface area contributed by atoms with Gasteiger partial charge < -0.3 is 14.7 Å². The van der Waals surface area contributed by atoms with Crippen LogP contribution in [-0.2, 0) is 4.79 Å². The summed E-state index contributed by atoms with van der Waals surface area (Å²) < 4.78 is 0. The molecule has 0 radical (unpaired) electrons. The molecule has 1 aromatic rings. The molecule has 0 spiro atoms. The van der Waals surface area contributed by atoms with Crippen molar-refractivity contribution in [2.75, 3.05) is 44.2 Å². The van der Waals surface area contributed by atoms with Gasteiger partial charge in [0, 0.05) is 46.2 Å². The normalized spacial score (nSPS) is 18.7. The summed E-state index contributed by atoms with van der Waals surface area (Å²) in [5, 5.41) is 0. The monoisotopic (exact) mass is 302 g/mol. The average Bonchev–Trinajstić information content (AvgIpc) is 3.09. The van der Waals surface area contributed by atoms with Gasteiger partial charge in [0.1, 0.15) is 5.69 Å². The van der Waals surface area contributed by atoms with E-state index in [9.17, 15) is 9.59 Å². The number of pyridine rings is 1. The van der Waals surface area contributed by atoms with E-state index in [1.54, 1.807) is 13.1 Å². The molecule has 0 atom stereocenters. The maximum Gasteiger partial charge on any atom is 0.272 e. The fourth-order valence-electron chi connectivity index (χ4n) is 3.06. The highest BCUT2D eigenvalue weighted by Crippen LogP contribution is 2.17. The van der Waals surface area contributed by atoms with Crippen molar-refractivity contribution in [3.8, 4) is 0 Å². The maximum absolute atomic E-state index is 12.3. The summed E-state index contributed by atoms with van der Waals surface area (Å²) in [6.07, 6.45) is 3.95. The van der Waals surface area contributed by atoms with Gasteiger partial charge in [-0.05, 0) is 25.0 Å². The van der Waals surface area contributed by atoms with Gasteiger partial charge >= 0.3 is 0 Å². The molecule has 0 aromatic carbocycles. The Morgan fingerprint density at radius 3 is 2.18 bits per heavy atom. The first kappa shape index (κ1) is 14.8. The summed E-state index contributed by atoms with van der Waals surface area (Å²) in [4.78, 5) is 33.9. The molecule has 0 bridgehead atoms. The second-order valence-corrected chi connectivity index (χ2v) is 5.89. The van der Waals surface area contributed by atoms with E-state index in [0.717, 1.165) is 57.8 Å². The summed E-state index contributed by atoms with van der Waals surface area (Å²) in [5.74, 6) is 0.162. The lowest BCUT2D eigenvalue weighted by Crippen LogP contribution is -2.48. The third kappa shape index (κ3) is 3.05. The number of amides is 2. The summed E-state index contributed by atoms with van der Waals surface area (Å²) in [6.45, 7) is 6.38. The van der Waals surface area contributed by atoms with Crippen molar-refractivity contribution < 1.29 is 9.59 Å². The first-order chi connectivity index (χ1) is 10.6. The predicted octanol–water partition coefficient (Wildman–Crippen LogP) is 0.986. The number of hydrogen-bond donors (Lipinski definition) is 0. The van der Waals surface area contributed by atoms with Crippen LogP contribution in [0.2, 0.25) is 0 Å². The van der Waals surface area contributed by atoms with Gasteiger partial charge in [-0.25, -0.2) is 4.98 Å². The van der Waals surface area contributed by atoms with E-state index >= 15 is 0 Å². The highest BCUT2D eigenvalue weighted by atomic mass is 16.2. The zero-order valence-corrected chi connectivity index (χ0v) is 13.0. The molecule has 0 unspecified atom stereocenters. The van der Waals surface area contributed by atoms with Crippen LogP contribution in [0.4, 0.5) is 5.69 Å². The number of carbonyl (C=O) groups excluding carboxylic acids is 2. The molecular weight excluding hydrogens is 280 g/mol. The minimum atomic E-state index is 0.0328. The van der Waals surface area contributed by atoms with Crippen LogP contribution >= 0.6 is 0 Å². The Kier molecular flexibility index (Phi) is 4.27. The number of nitrogens with zero attached hydrogens (tertiary/aromatic N) is 4. The molecule has 1 aromatic heterocycles. The first-order valence-corrected chi connectivity index (χ1v) is 7.91. The molecule has 3 rings (SSSR count). The van der Waals surface area contributed by atoms with Crippen LogP contribution in [0, 0.1) is 0 Å². The fourth-order valence-corrected chi connectivity index (χ4v) is 3.06. The van der Waals surface area contributed by atoms with Gasteiger partial charge in [0.2, 0.25) is 5.91 Å². The number of piperazine rings is 1. The number of carbonyl (C=O) groups is 2. The number of likely N-dealkylation sites (tertiary alicyclic amines) is 1. The van der Waals surface area contributed by atoms with E-state index < -0.39 is 0 Å². The molecule has 2 aliphatic rings. The minimum Gasteiger partial charge on any atom is -0.367 e. The SMILES string of the molecule is CC(=O)N1CCN(c2ccc(C(=O)N3CCCC3)nc2)CC1. The van der Waals surface area contributed by atoms with Gasteiger partial charge in [-0.1, -0.05) is 0 Å². The van der Waals surface area contributed by atoms with Crippen molar-refractivity contribution >= 4 is 17.5 Å². The standard InChI is InChI=1S/C16H22N4O2/c1-13(21)18-8-10-19(11-9-18)14-4-5-15(17-12-14)16(22)20-6-2-3-7-20/h4-5,12H,2-3,6-11H2,1H3. The Balaban J connectivity index is 1.62. The molecule has 0 aliphatic carbocycles. The van der Waals surface area contributed by atoms with Crippen LogP contribution in [0.1, 0.15) is 30.3 Å². The van der Waals surface area contributed by atoms with E-state index in [1.165, 1.54) is 0 Å². The maximum atomic E-state index is 12.3. The van der Waals surface area contributed by atoms with Crippen molar-refractivity contribution in [3.63, 3.8) is 0 Å². The molecule has 2 aliphatic heterocycles. The number of hydrogen-bond acceptors (Lipinski definition) is 4. The molecule has 118 valence electrons. The molecule has 2 fully saturated rings. The van der Waals surface area contributed by atoms with Crippen LogP contribution in [0.15, 0.2) is 18.3 Å². The van der Waals surface area contributed by atoms with Crippen LogP contribution in [0.5, 0.6) is 0 Å². The third-order valence-corrected chi connectivity index (χ3v) is 4.45. The van der Waals surface area contributed by atoms with Crippen LogP contribution in [-0.4, -0.2) is 65.9 Å². The van der Waals surface area contributed by atoms with Gasteiger partial charge in [-0.15, -0.1) is 0 Å². The lowest BCUT2D eigenvalue weighted by atomic mass is 10.2. The van der Waals surface area contributed by atoms with Crippen molar-refractivity contribution in [2.45, 2.75) is 19.8 Å². The van der Waals surface area contributed by atoms with Gasteiger partial charge in [0.15, 0.2) is 0 Å². The number of rotatable bonds is 2. The highest BCUT2D eigenvalue weighted by molar-refractivity contribution is 5.92. The van der Waals surface area contributed by atoms with Gasteiger partial charge in [0.05, 0.1) is 11.9 Å². The molecule has 3 heterocycles.